The van der Waals surface area contributed by atoms with Crippen LogP contribution in [0, 0.1) is 10.1 Å². The summed E-state index contributed by atoms with van der Waals surface area (Å²) in [5.74, 6) is 0.217. The molecule has 0 atom stereocenters. The van der Waals surface area contributed by atoms with Crippen LogP contribution in [-0.4, -0.2) is 26.4 Å². The van der Waals surface area contributed by atoms with Crippen molar-refractivity contribution in [3.05, 3.63) is 51.7 Å². The van der Waals surface area contributed by atoms with Gasteiger partial charge in [-0.2, -0.15) is 0 Å². The van der Waals surface area contributed by atoms with Crippen molar-refractivity contribution in [3.8, 4) is 0 Å². The van der Waals surface area contributed by atoms with E-state index in [9.17, 15) is 10.1 Å². The first kappa shape index (κ1) is 14.1. The predicted octanol–water partition coefficient (Wildman–Crippen LogP) is 2.46. The predicted molar refractivity (Wildman–Crippen MR) is 74.7 cm³/mol. The van der Waals surface area contributed by atoms with Gasteiger partial charge in [-0.25, -0.2) is 9.97 Å². The molecule has 0 aliphatic heterocycles. The molecule has 0 unspecified atom stereocenters. The largest absolute Gasteiger partial charge is 0.348 e. The van der Waals surface area contributed by atoms with Crippen molar-refractivity contribution in [2.75, 3.05) is 11.4 Å². The van der Waals surface area contributed by atoms with E-state index in [4.69, 9.17) is 11.6 Å². The molecular formula is C12H12ClN5O2. The third-order valence-corrected chi connectivity index (χ3v) is 3.02. The van der Waals surface area contributed by atoms with Crippen molar-refractivity contribution in [2.24, 2.45) is 0 Å². The smallest absolute Gasteiger partial charge is 0.347 e. The maximum atomic E-state index is 11.1. The van der Waals surface area contributed by atoms with Gasteiger partial charge in [-0.1, -0.05) is 11.6 Å². The molecule has 20 heavy (non-hydrogen) atoms. The summed E-state index contributed by atoms with van der Waals surface area (Å²) >= 11 is 5.80. The Bertz CT molecular complexity index is 608. The summed E-state index contributed by atoms with van der Waals surface area (Å²) in [6.07, 6.45) is 4.56. The minimum absolute atomic E-state index is 0.159. The first-order valence-electron chi connectivity index (χ1n) is 5.92. The fraction of sp³-hybridized carbons (Fsp3) is 0.250. The molecule has 0 aliphatic rings. The highest BCUT2D eigenvalue weighted by atomic mass is 35.5. The third-order valence-electron chi connectivity index (χ3n) is 2.74. The lowest BCUT2D eigenvalue weighted by atomic mass is 10.2. The van der Waals surface area contributed by atoms with Crippen LogP contribution in [0.4, 0.5) is 11.5 Å². The molecule has 0 radical (unpaired) electrons. The minimum atomic E-state index is -0.563. The molecule has 0 amide bonds. The van der Waals surface area contributed by atoms with Crippen LogP contribution in [0.25, 0.3) is 0 Å². The van der Waals surface area contributed by atoms with E-state index < -0.39 is 4.92 Å². The molecule has 0 spiro atoms. The average Bonchev–Trinajstić information content (AvgIpc) is 2.45. The molecule has 0 aromatic carbocycles. The molecule has 8 heteroatoms. The Labute approximate surface area is 120 Å². The van der Waals surface area contributed by atoms with Gasteiger partial charge in [-0.05, 0) is 24.6 Å². The lowest BCUT2D eigenvalue weighted by molar-refractivity contribution is -0.384. The number of nitrogens with zero attached hydrogens (tertiary/aromatic N) is 5. The molecule has 2 rings (SSSR count). The van der Waals surface area contributed by atoms with E-state index in [-0.39, 0.29) is 16.7 Å². The van der Waals surface area contributed by atoms with Crippen LogP contribution in [0.5, 0.6) is 0 Å². The molecule has 104 valence electrons. The van der Waals surface area contributed by atoms with Crippen LogP contribution in [0.2, 0.25) is 5.15 Å². The second-order valence-electron chi connectivity index (χ2n) is 3.96. The number of hydrogen-bond acceptors (Lipinski definition) is 6. The van der Waals surface area contributed by atoms with E-state index in [0.29, 0.717) is 13.1 Å². The molecule has 7 nitrogen and oxygen atoms in total. The fourth-order valence-electron chi connectivity index (χ4n) is 1.78. The SMILES string of the molecule is CCN(Cc1ccncc1)c1ncnc(Cl)c1[N+](=O)[O-]. The van der Waals surface area contributed by atoms with E-state index in [0.717, 1.165) is 5.56 Å². The van der Waals surface area contributed by atoms with Crippen LogP contribution in [-0.2, 0) is 6.54 Å². The Morgan fingerprint density at radius 2 is 2.05 bits per heavy atom. The molecular weight excluding hydrogens is 282 g/mol. The Morgan fingerprint density at radius 1 is 1.35 bits per heavy atom. The summed E-state index contributed by atoms with van der Waals surface area (Å²) in [4.78, 5) is 23.9. The molecule has 0 fully saturated rings. The number of halogens is 1. The van der Waals surface area contributed by atoms with E-state index in [1.807, 2.05) is 19.1 Å². The Balaban J connectivity index is 2.37. The first-order chi connectivity index (χ1) is 9.63. The highest BCUT2D eigenvalue weighted by Crippen LogP contribution is 2.31. The highest BCUT2D eigenvalue weighted by Gasteiger charge is 2.25. The average molecular weight is 294 g/mol. The molecule has 0 bridgehead atoms. The standard InChI is InChI=1S/C12H12ClN5O2/c1-2-17(7-9-3-5-14-6-4-9)12-10(18(19)20)11(13)15-8-16-12/h3-6,8H,2,7H2,1H3. The topological polar surface area (TPSA) is 85.0 Å². The van der Waals surface area contributed by atoms with Crippen molar-refractivity contribution < 1.29 is 4.92 Å². The van der Waals surface area contributed by atoms with Crippen molar-refractivity contribution in [1.82, 2.24) is 15.0 Å². The van der Waals surface area contributed by atoms with Gasteiger partial charge in [0, 0.05) is 25.5 Å². The lowest BCUT2D eigenvalue weighted by Gasteiger charge is -2.21. The van der Waals surface area contributed by atoms with Crippen LogP contribution in [0.15, 0.2) is 30.9 Å². The van der Waals surface area contributed by atoms with Gasteiger partial charge in [0.2, 0.25) is 11.0 Å². The lowest BCUT2D eigenvalue weighted by Crippen LogP contribution is -2.24. The van der Waals surface area contributed by atoms with Gasteiger partial charge < -0.3 is 4.90 Å². The van der Waals surface area contributed by atoms with Crippen molar-refractivity contribution in [1.29, 1.82) is 0 Å². The van der Waals surface area contributed by atoms with E-state index in [2.05, 4.69) is 15.0 Å². The molecule has 2 aromatic heterocycles. The minimum Gasteiger partial charge on any atom is -0.347 e. The number of hydrogen-bond donors (Lipinski definition) is 0. The number of nitro groups is 1. The number of anilines is 1. The number of pyridine rings is 1. The highest BCUT2D eigenvalue weighted by molar-refractivity contribution is 6.31. The summed E-state index contributed by atoms with van der Waals surface area (Å²) in [6, 6.07) is 3.69. The second-order valence-corrected chi connectivity index (χ2v) is 4.32. The first-order valence-corrected chi connectivity index (χ1v) is 6.30. The van der Waals surface area contributed by atoms with Gasteiger partial charge >= 0.3 is 5.69 Å². The number of aromatic nitrogens is 3. The molecule has 0 N–H and O–H groups in total. The van der Waals surface area contributed by atoms with Gasteiger partial charge in [0.1, 0.15) is 6.33 Å². The van der Waals surface area contributed by atoms with Gasteiger partial charge in [0.05, 0.1) is 4.92 Å². The van der Waals surface area contributed by atoms with Gasteiger partial charge in [-0.15, -0.1) is 0 Å². The maximum absolute atomic E-state index is 11.1. The Kier molecular flexibility index (Phi) is 4.41. The normalized spacial score (nSPS) is 10.3. The zero-order chi connectivity index (χ0) is 14.5. The molecule has 0 aliphatic carbocycles. The van der Waals surface area contributed by atoms with Gasteiger partial charge in [-0.3, -0.25) is 15.1 Å². The molecule has 2 heterocycles. The van der Waals surface area contributed by atoms with Crippen LogP contribution < -0.4 is 4.90 Å². The number of rotatable bonds is 5. The molecule has 0 saturated heterocycles. The summed E-state index contributed by atoms with van der Waals surface area (Å²) in [5, 5.41) is 11.0. The molecule has 0 saturated carbocycles. The zero-order valence-corrected chi connectivity index (χ0v) is 11.5. The second kappa shape index (κ2) is 6.25. The maximum Gasteiger partial charge on any atom is 0.348 e. The van der Waals surface area contributed by atoms with Gasteiger partial charge in [0.15, 0.2) is 0 Å². The summed E-state index contributed by atoms with van der Waals surface area (Å²) < 4.78 is 0. The monoisotopic (exact) mass is 293 g/mol. The van der Waals surface area contributed by atoms with Crippen molar-refractivity contribution in [2.45, 2.75) is 13.5 Å². The Hall–Kier alpha value is -2.28. The molecule has 2 aromatic rings. The summed E-state index contributed by atoms with van der Waals surface area (Å²) in [6.45, 7) is 2.92. The van der Waals surface area contributed by atoms with Crippen LogP contribution in [0.1, 0.15) is 12.5 Å². The quantitative estimate of drug-likeness (QED) is 0.478. The van der Waals surface area contributed by atoms with E-state index in [1.165, 1.54) is 6.33 Å². The zero-order valence-electron chi connectivity index (χ0n) is 10.7. The summed E-state index contributed by atoms with van der Waals surface area (Å²) in [5.41, 5.74) is 0.705. The third kappa shape index (κ3) is 3.00. The van der Waals surface area contributed by atoms with E-state index >= 15 is 0 Å². The van der Waals surface area contributed by atoms with Gasteiger partial charge in [0.25, 0.3) is 0 Å². The fourth-order valence-corrected chi connectivity index (χ4v) is 1.98. The van der Waals surface area contributed by atoms with Crippen molar-refractivity contribution in [3.63, 3.8) is 0 Å². The van der Waals surface area contributed by atoms with Crippen LogP contribution in [0.3, 0.4) is 0 Å². The van der Waals surface area contributed by atoms with Crippen LogP contribution >= 0.6 is 11.6 Å². The summed E-state index contributed by atoms with van der Waals surface area (Å²) in [7, 11) is 0. The van der Waals surface area contributed by atoms with Crippen molar-refractivity contribution >= 4 is 23.1 Å². The Morgan fingerprint density at radius 3 is 2.65 bits per heavy atom. The van der Waals surface area contributed by atoms with E-state index in [1.54, 1.807) is 17.3 Å².